The van der Waals surface area contributed by atoms with Crippen molar-refractivity contribution in [3.63, 3.8) is 0 Å². The van der Waals surface area contributed by atoms with E-state index < -0.39 is 5.97 Å². The van der Waals surface area contributed by atoms with Crippen molar-refractivity contribution in [1.29, 1.82) is 0 Å². The van der Waals surface area contributed by atoms with E-state index in [0.717, 1.165) is 5.84 Å². The first kappa shape index (κ1) is 12.2. The number of nitrogens with zero attached hydrogens (tertiary/aromatic N) is 3. The summed E-state index contributed by atoms with van der Waals surface area (Å²) in [6, 6.07) is 0. The van der Waals surface area contributed by atoms with Gasteiger partial charge in [-0.1, -0.05) is 0 Å². The summed E-state index contributed by atoms with van der Waals surface area (Å²) in [4.78, 5) is 17.6. The summed E-state index contributed by atoms with van der Waals surface area (Å²) in [6.45, 7) is 3.93. The van der Waals surface area contributed by atoms with Crippen LogP contribution in [0.25, 0.3) is 0 Å². The Balaban J connectivity index is 2.95. The highest BCUT2D eigenvalue weighted by Gasteiger charge is 2.14. The minimum Gasteiger partial charge on any atom is -0.462 e. The van der Waals surface area contributed by atoms with Crippen molar-refractivity contribution in [2.45, 2.75) is 13.8 Å². The maximum absolute atomic E-state index is 11.5. The minimum absolute atomic E-state index is 0.333. The van der Waals surface area contributed by atoms with Crippen LogP contribution in [-0.4, -0.2) is 47.6 Å². The van der Waals surface area contributed by atoms with Gasteiger partial charge in [-0.15, -0.1) is 0 Å². The Morgan fingerprint density at radius 2 is 2.31 bits per heavy atom. The predicted molar refractivity (Wildman–Crippen MR) is 61.0 cm³/mol. The largest absolute Gasteiger partial charge is 0.462 e. The Morgan fingerprint density at radius 1 is 1.62 bits per heavy atom. The molecule has 0 fully saturated rings. The third-order valence-corrected chi connectivity index (χ3v) is 2.04. The minimum atomic E-state index is -0.415. The molecule has 0 saturated heterocycles. The third-order valence-electron chi connectivity index (χ3n) is 2.04. The molecule has 0 unspecified atom stereocenters. The van der Waals surface area contributed by atoms with E-state index in [9.17, 15) is 4.79 Å². The van der Waals surface area contributed by atoms with Crippen molar-refractivity contribution in [3.05, 3.63) is 11.8 Å². The van der Waals surface area contributed by atoms with Gasteiger partial charge in [0.25, 0.3) is 0 Å². The zero-order valence-corrected chi connectivity index (χ0v) is 9.94. The lowest BCUT2D eigenvalue weighted by atomic mass is 10.3. The Kier molecular flexibility index (Phi) is 4.04. The van der Waals surface area contributed by atoms with Crippen LogP contribution in [0.1, 0.15) is 24.2 Å². The Hall–Kier alpha value is -1.85. The number of carbonyl (C=O) groups excluding carboxylic acids is 1. The summed E-state index contributed by atoms with van der Waals surface area (Å²) in [6.07, 6.45) is 1.42. The molecule has 1 rings (SSSR count). The van der Waals surface area contributed by atoms with E-state index in [1.54, 1.807) is 6.92 Å². The normalized spacial score (nSPS) is 11.4. The monoisotopic (exact) mass is 224 g/mol. The fourth-order valence-corrected chi connectivity index (χ4v) is 0.985. The molecule has 1 aromatic heterocycles. The highest BCUT2D eigenvalue weighted by atomic mass is 16.5. The van der Waals surface area contributed by atoms with Crippen LogP contribution in [0.2, 0.25) is 0 Å². The lowest BCUT2D eigenvalue weighted by Crippen LogP contribution is -2.18. The molecule has 0 bridgehead atoms. The maximum atomic E-state index is 11.5. The van der Waals surface area contributed by atoms with Gasteiger partial charge in [-0.3, -0.25) is 5.10 Å². The van der Waals surface area contributed by atoms with Crippen LogP contribution in [0.15, 0.2) is 11.2 Å². The summed E-state index contributed by atoms with van der Waals surface area (Å²) in [5.74, 6) is 0.779. The van der Waals surface area contributed by atoms with Gasteiger partial charge < -0.3 is 9.64 Å². The lowest BCUT2D eigenvalue weighted by Gasteiger charge is -2.10. The number of nitrogens with one attached hydrogen (secondary N) is 1. The van der Waals surface area contributed by atoms with E-state index in [2.05, 4.69) is 15.2 Å². The molecule has 6 nitrogen and oxygen atoms in total. The van der Waals surface area contributed by atoms with Gasteiger partial charge >= 0.3 is 5.97 Å². The number of H-pyrrole nitrogens is 1. The van der Waals surface area contributed by atoms with Gasteiger partial charge in [0.15, 0.2) is 5.82 Å². The summed E-state index contributed by atoms with van der Waals surface area (Å²) in [7, 11) is 3.75. The highest BCUT2D eigenvalue weighted by molar-refractivity contribution is 5.95. The standard InChI is InChI=1S/C10H16N4O2/c1-5-16-10(15)8-6-11-13-9(8)12-7(2)14(3)4/h6H,5H2,1-4H3,(H,11,13)/b12-7-. The van der Waals surface area contributed by atoms with Crippen LogP contribution in [0.5, 0.6) is 0 Å². The van der Waals surface area contributed by atoms with Gasteiger partial charge in [0, 0.05) is 14.1 Å². The Bertz CT molecular complexity index is 395. The first-order valence-electron chi connectivity index (χ1n) is 4.99. The van der Waals surface area contributed by atoms with Crippen LogP contribution in [0, 0.1) is 0 Å². The molecule has 0 aliphatic heterocycles. The molecule has 0 atom stereocenters. The van der Waals surface area contributed by atoms with Crippen molar-refractivity contribution < 1.29 is 9.53 Å². The number of hydrogen-bond donors (Lipinski definition) is 1. The molecular weight excluding hydrogens is 208 g/mol. The third kappa shape index (κ3) is 2.82. The van der Waals surface area contributed by atoms with Gasteiger partial charge in [0.05, 0.1) is 12.8 Å². The van der Waals surface area contributed by atoms with Crippen molar-refractivity contribution in [2.75, 3.05) is 20.7 Å². The molecule has 1 N–H and O–H groups in total. The number of aliphatic imine (C=N–C) groups is 1. The molecular formula is C10H16N4O2. The van der Waals surface area contributed by atoms with Crippen LogP contribution < -0.4 is 0 Å². The number of rotatable bonds is 3. The SMILES string of the molecule is CCOC(=O)c1cn[nH]c1/N=C(/C)N(C)C. The fraction of sp³-hybridized carbons (Fsp3) is 0.500. The van der Waals surface area contributed by atoms with Crippen molar-refractivity contribution >= 4 is 17.6 Å². The molecule has 0 saturated carbocycles. The van der Waals surface area contributed by atoms with Gasteiger partial charge in [-0.05, 0) is 13.8 Å². The smallest absolute Gasteiger partial charge is 0.343 e. The molecule has 1 heterocycles. The van der Waals surface area contributed by atoms with E-state index in [1.165, 1.54) is 6.20 Å². The average molecular weight is 224 g/mol. The molecule has 0 aliphatic rings. The van der Waals surface area contributed by atoms with Gasteiger partial charge in [-0.2, -0.15) is 5.10 Å². The summed E-state index contributed by atoms with van der Waals surface area (Å²) in [5.41, 5.74) is 0.350. The molecule has 16 heavy (non-hydrogen) atoms. The van der Waals surface area contributed by atoms with Crippen molar-refractivity contribution in [1.82, 2.24) is 15.1 Å². The second kappa shape index (κ2) is 5.29. The van der Waals surface area contributed by atoms with Crippen LogP contribution >= 0.6 is 0 Å². The van der Waals surface area contributed by atoms with Crippen molar-refractivity contribution in [3.8, 4) is 0 Å². The Morgan fingerprint density at radius 3 is 2.88 bits per heavy atom. The second-order valence-corrected chi connectivity index (χ2v) is 3.41. The zero-order chi connectivity index (χ0) is 12.1. The lowest BCUT2D eigenvalue weighted by molar-refractivity contribution is 0.0527. The predicted octanol–water partition coefficient (Wildman–Crippen LogP) is 1.20. The van der Waals surface area contributed by atoms with E-state index in [4.69, 9.17) is 4.74 Å². The highest BCUT2D eigenvalue weighted by Crippen LogP contribution is 2.16. The van der Waals surface area contributed by atoms with E-state index in [0.29, 0.717) is 18.0 Å². The van der Waals surface area contributed by atoms with Crippen LogP contribution in [0.3, 0.4) is 0 Å². The quantitative estimate of drug-likeness (QED) is 0.475. The summed E-state index contributed by atoms with van der Waals surface area (Å²) < 4.78 is 4.89. The zero-order valence-electron chi connectivity index (χ0n) is 9.94. The molecule has 1 aromatic rings. The molecule has 6 heteroatoms. The summed E-state index contributed by atoms with van der Waals surface area (Å²) in [5, 5.41) is 6.45. The van der Waals surface area contributed by atoms with Crippen LogP contribution in [-0.2, 0) is 4.74 Å². The first-order chi connectivity index (χ1) is 7.56. The molecule has 0 amide bonds. The second-order valence-electron chi connectivity index (χ2n) is 3.41. The van der Waals surface area contributed by atoms with Crippen molar-refractivity contribution in [2.24, 2.45) is 4.99 Å². The van der Waals surface area contributed by atoms with Crippen LogP contribution in [0.4, 0.5) is 5.82 Å². The van der Waals surface area contributed by atoms with Gasteiger partial charge in [0.1, 0.15) is 11.4 Å². The number of ether oxygens (including phenoxy) is 1. The summed E-state index contributed by atoms with van der Waals surface area (Å²) >= 11 is 0. The van der Waals surface area contributed by atoms with Gasteiger partial charge in [0.2, 0.25) is 0 Å². The number of aromatic nitrogens is 2. The fourth-order valence-electron chi connectivity index (χ4n) is 0.985. The molecule has 0 spiro atoms. The number of esters is 1. The number of amidine groups is 1. The Labute approximate surface area is 94.3 Å². The van der Waals surface area contributed by atoms with E-state index >= 15 is 0 Å². The molecule has 0 radical (unpaired) electrons. The maximum Gasteiger partial charge on any atom is 0.343 e. The average Bonchev–Trinajstić information content (AvgIpc) is 2.66. The van der Waals surface area contributed by atoms with Gasteiger partial charge in [-0.25, -0.2) is 9.79 Å². The topological polar surface area (TPSA) is 70.6 Å². The van der Waals surface area contributed by atoms with E-state index in [-0.39, 0.29) is 0 Å². The van der Waals surface area contributed by atoms with E-state index in [1.807, 2.05) is 25.9 Å². The molecule has 88 valence electrons. The molecule has 0 aromatic carbocycles. The molecule has 0 aliphatic carbocycles. The first-order valence-corrected chi connectivity index (χ1v) is 4.99. The number of carbonyl (C=O) groups is 1. The number of hydrogen-bond acceptors (Lipinski definition) is 4. The number of aromatic amines is 1.